The van der Waals surface area contributed by atoms with Crippen LogP contribution in [0.1, 0.15) is 11.4 Å². The Morgan fingerprint density at radius 3 is 2.58 bits per heavy atom. The van der Waals surface area contributed by atoms with Gasteiger partial charge in [0, 0.05) is 10.7 Å². The van der Waals surface area contributed by atoms with Crippen molar-refractivity contribution in [1.29, 1.82) is 0 Å². The van der Waals surface area contributed by atoms with Crippen molar-refractivity contribution in [3.05, 3.63) is 28.5 Å². The lowest BCUT2D eigenvalue weighted by atomic mass is 10.2. The molecule has 0 saturated carbocycles. The van der Waals surface area contributed by atoms with Crippen molar-refractivity contribution in [3.63, 3.8) is 0 Å². The Hall–Kier alpha value is -1.80. The number of sulfonamides is 1. The van der Waals surface area contributed by atoms with Crippen molar-refractivity contribution in [3.8, 4) is 0 Å². The molecule has 0 amide bonds. The number of aryl methyl sites for hydroxylation is 1. The van der Waals surface area contributed by atoms with E-state index in [2.05, 4.69) is 14.9 Å². The topological polar surface area (TPSA) is 111 Å². The van der Waals surface area contributed by atoms with Crippen LogP contribution in [0.25, 0.3) is 0 Å². The third-order valence-corrected chi connectivity index (χ3v) is 4.11. The van der Waals surface area contributed by atoms with Gasteiger partial charge in [-0.2, -0.15) is 4.98 Å². The summed E-state index contributed by atoms with van der Waals surface area (Å²) in [4.78, 5) is 3.68. The van der Waals surface area contributed by atoms with Crippen molar-refractivity contribution >= 4 is 33.3 Å². The fourth-order valence-electron chi connectivity index (χ4n) is 1.34. The highest BCUT2D eigenvalue weighted by molar-refractivity contribution is 7.92. The number of halogens is 1. The van der Waals surface area contributed by atoms with Gasteiger partial charge >= 0.3 is 6.01 Å². The third-order valence-electron chi connectivity index (χ3n) is 2.42. The van der Waals surface area contributed by atoms with E-state index in [1.165, 1.54) is 12.1 Å². The maximum atomic E-state index is 12.1. The standard InChI is InChI=1S/C10H11ClN4O3S/c1-5-8(11)3-7(4-9(5)12)19(16,17)15-10-13-6(2)14-18-10/h3-4H,12H2,1-2H3,(H,13,14,15). The molecule has 0 aliphatic carbocycles. The molecule has 1 aromatic heterocycles. The molecule has 102 valence electrons. The Balaban J connectivity index is 2.40. The second kappa shape index (κ2) is 4.71. The molecule has 0 radical (unpaired) electrons. The van der Waals surface area contributed by atoms with Crippen LogP contribution in [-0.2, 0) is 10.0 Å². The molecule has 9 heteroatoms. The molecule has 1 aromatic carbocycles. The van der Waals surface area contributed by atoms with Gasteiger partial charge in [-0.15, -0.1) is 0 Å². The Morgan fingerprint density at radius 1 is 1.37 bits per heavy atom. The summed E-state index contributed by atoms with van der Waals surface area (Å²) in [7, 11) is -3.87. The Kier molecular flexibility index (Phi) is 3.38. The Morgan fingerprint density at radius 2 is 2.05 bits per heavy atom. The second-order valence-corrected chi connectivity index (χ2v) is 5.96. The van der Waals surface area contributed by atoms with E-state index >= 15 is 0 Å². The maximum Gasteiger partial charge on any atom is 0.335 e. The molecule has 0 aliphatic heterocycles. The lowest BCUT2D eigenvalue weighted by Crippen LogP contribution is -2.14. The van der Waals surface area contributed by atoms with Crippen LogP contribution in [0.4, 0.5) is 11.7 Å². The van der Waals surface area contributed by atoms with Crippen LogP contribution < -0.4 is 10.5 Å². The highest BCUT2D eigenvalue weighted by atomic mass is 35.5. The first-order chi connectivity index (χ1) is 8.79. The molecule has 0 bridgehead atoms. The van der Waals surface area contributed by atoms with Crippen LogP contribution >= 0.6 is 11.6 Å². The lowest BCUT2D eigenvalue weighted by molar-refractivity contribution is 0.429. The molecule has 2 rings (SSSR count). The number of benzene rings is 1. The van der Waals surface area contributed by atoms with Crippen LogP contribution in [0.3, 0.4) is 0 Å². The first-order valence-electron chi connectivity index (χ1n) is 5.18. The van der Waals surface area contributed by atoms with Gasteiger partial charge in [-0.25, -0.2) is 13.1 Å². The minimum Gasteiger partial charge on any atom is -0.398 e. The molecule has 7 nitrogen and oxygen atoms in total. The Labute approximate surface area is 114 Å². The molecule has 2 aromatic rings. The van der Waals surface area contributed by atoms with E-state index in [-0.39, 0.29) is 21.6 Å². The van der Waals surface area contributed by atoms with E-state index in [1.807, 2.05) is 0 Å². The van der Waals surface area contributed by atoms with Crippen LogP contribution in [0.2, 0.25) is 5.02 Å². The summed E-state index contributed by atoms with van der Waals surface area (Å²) in [5, 5.41) is 3.75. The van der Waals surface area contributed by atoms with Crippen molar-refractivity contribution in [1.82, 2.24) is 10.1 Å². The van der Waals surface area contributed by atoms with Gasteiger partial charge in [-0.05, 0) is 31.5 Å². The number of hydrogen-bond donors (Lipinski definition) is 2. The molecular formula is C10H11ClN4O3S. The number of nitrogen functional groups attached to an aromatic ring is 1. The van der Waals surface area contributed by atoms with Crippen molar-refractivity contribution < 1.29 is 12.9 Å². The van der Waals surface area contributed by atoms with E-state index in [0.717, 1.165) is 0 Å². The first-order valence-corrected chi connectivity index (χ1v) is 7.04. The number of nitrogens with two attached hydrogens (primary N) is 1. The predicted octanol–water partition coefficient (Wildman–Crippen LogP) is 1.72. The predicted molar refractivity (Wildman–Crippen MR) is 70.4 cm³/mol. The monoisotopic (exact) mass is 302 g/mol. The van der Waals surface area contributed by atoms with Crippen LogP contribution in [0, 0.1) is 13.8 Å². The van der Waals surface area contributed by atoms with E-state index in [1.54, 1.807) is 13.8 Å². The smallest absolute Gasteiger partial charge is 0.335 e. The zero-order valence-corrected chi connectivity index (χ0v) is 11.7. The van der Waals surface area contributed by atoms with E-state index in [9.17, 15) is 8.42 Å². The molecule has 0 spiro atoms. The molecule has 0 unspecified atom stereocenters. The fraction of sp³-hybridized carbons (Fsp3) is 0.200. The minimum atomic E-state index is -3.87. The summed E-state index contributed by atoms with van der Waals surface area (Å²) in [6.45, 7) is 3.27. The van der Waals surface area contributed by atoms with Crippen molar-refractivity contribution in [2.45, 2.75) is 18.7 Å². The minimum absolute atomic E-state index is 0.0727. The number of hydrogen-bond acceptors (Lipinski definition) is 6. The molecular weight excluding hydrogens is 292 g/mol. The molecule has 3 N–H and O–H groups in total. The average Bonchev–Trinajstić information content (AvgIpc) is 2.70. The van der Waals surface area contributed by atoms with Gasteiger partial charge in [0.05, 0.1) is 4.90 Å². The summed E-state index contributed by atoms with van der Waals surface area (Å²) < 4.78 is 31.0. The van der Waals surface area contributed by atoms with Crippen molar-refractivity contribution in [2.24, 2.45) is 0 Å². The first kappa shape index (κ1) is 13.6. The largest absolute Gasteiger partial charge is 0.398 e. The van der Waals surface area contributed by atoms with E-state index in [0.29, 0.717) is 11.4 Å². The van der Waals surface area contributed by atoms with E-state index < -0.39 is 10.0 Å². The SMILES string of the molecule is Cc1noc(NS(=O)(=O)c2cc(N)c(C)c(Cl)c2)n1. The summed E-state index contributed by atoms with van der Waals surface area (Å²) >= 11 is 5.91. The number of aromatic nitrogens is 2. The number of nitrogens with zero attached hydrogens (tertiary/aromatic N) is 2. The molecule has 0 aliphatic rings. The normalized spacial score (nSPS) is 11.5. The molecule has 0 atom stereocenters. The van der Waals surface area contributed by atoms with Gasteiger partial charge < -0.3 is 10.3 Å². The Bertz CT molecular complexity index is 703. The zero-order chi connectivity index (χ0) is 14.2. The van der Waals surface area contributed by atoms with Gasteiger partial charge in [0.15, 0.2) is 5.82 Å². The quantitative estimate of drug-likeness (QED) is 0.835. The third kappa shape index (κ3) is 2.79. The van der Waals surface area contributed by atoms with Gasteiger partial charge in [0.1, 0.15) is 0 Å². The van der Waals surface area contributed by atoms with Crippen LogP contribution in [0.15, 0.2) is 21.6 Å². The number of anilines is 2. The second-order valence-electron chi connectivity index (χ2n) is 3.87. The maximum absolute atomic E-state index is 12.1. The average molecular weight is 303 g/mol. The van der Waals surface area contributed by atoms with Gasteiger partial charge in [0.25, 0.3) is 10.0 Å². The molecule has 0 fully saturated rings. The van der Waals surface area contributed by atoms with Gasteiger partial charge in [0.2, 0.25) is 0 Å². The molecule has 19 heavy (non-hydrogen) atoms. The summed E-state index contributed by atoms with van der Waals surface area (Å²) in [6.07, 6.45) is 0. The molecule has 0 saturated heterocycles. The van der Waals surface area contributed by atoms with Crippen molar-refractivity contribution in [2.75, 3.05) is 10.5 Å². The summed E-state index contributed by atoms with van der Waals surface area (Å²) in [6, 6.07) is 2.40. The van der Waals surface area contributed by atoms with E-state index in [4.69, 9.17) is 21.9 Å². The zero-order valence-electron chi connectivity index (χ0n) is 10.1. The van der Waals surface area contributed by atoms with Gasteiger partial charge in [-0.3, -0.25) is 0 Å². The highest BCUT2D eigenvalue weighted by Gasteiger charge is 2.19. The lowest BCUT2D eigenvalue weighted by Gasteiger charge is -2.08. The summed E-state index contributed by atoms with van der Waals surface area (Å²) in [5.74, 6) is 0.319. The number of nitrogens with one attached hydrogen (secondary N) is 1. The number of rotatable bonds is 3. The van der Waals surface area contributed by atoms with Gasteiger partial charge in [-0.1, -0.05) is 16.8 Å². The van der Waals surface area contributed by atoms with Crippen LogP contribution in [-0.4, -0.2) is 18.6 Å². The summed E-state index contributed by atoms with van der Waals surface area (Å²) in [5.41, 5.74) is 6.59. The fourth-order valence-corrected chi connectivity index (χ4v) is 2.62. The molecule has 1 heterocycles. The highest BCUT2D eigenvalue weighted by Crippen LogP contribution is 2.26. The van der Waals surface area contributed by atoms with Crippen LogP contribution in [0.5, 0.6) is 0 Å².